The van der Waals surface area contributed by atoms with Crippen LogP contribution >= 0.6 is 10.7 Å². The SMILES string of the molecule is O=S(=O)(Cl)c1cn(CCN2CCCCC2)c2ccccc12. The third-order valence-corrected chi connectivity index (χ3v) is 5.47. The zero-order chi connectivity index (χ0) is 14.9. The van der Waals surface area contributed by atoms with E-state index < -0.39 is 9.05 Å². The van der Waals surface area contributed by atoms with Gasteiger partial charge in [-0.2, -0.15) is 0 Å². The quantitative estimate of drug-likeness (QED) is 0.811. The van der Waals surface area contributed by atoms with Crippen LogP contribution in [0.25, 0.3) is 10.9 Å². The molecular weight excluding hydrogens is 308 g/mol. The van der Waals surface area contributed by atoms with Gasteiger partial charge in [0, 0.05) is 40.9 Å². The van der Waals surface area contributed by atoms with E-state index >= 15 is 0 Å². The maximum absolute atomic E-state index is 11.7. The normalized spacial score (nSPS) is 17.4. The molecule has 1 aliphatic rings. The third-order valence-electron chi connectivity index (χ3n) is 4.12. The van der Waals surface area contributed by atoms with E-state index in [4.69, 9.17) is 10.7 Å². The highest BCUT2D eigenvalue weighted by molar-refractivity contribution is 8.14. The molecule has 4 nitrogen and oxygen atoms in total. The minimum absolute atomic E-state index is 0.207. The predicted molar refractivity (Wildman–Crippen MR) is 85.3 cm³/mol. The van der Waals surface area contributed by atoms with Gasteiger partial charge in [-0.1, -0.05) is 24.6 Å². The summed E-state index contributed by atoms with van der Waals surface area (Å²) in [5.74, 6) is 0. The molecule has 1 aromatic carbocycles. The zero-order valence-corrected chi connectivity index (χ0v) is 13.4. The lowest BCUT2D eigenvalue weighted by Gasteiger charge is -2.26. The molecule has 1 aliphatic heterocycles. The summed E-state index contributed by atoms with van der Waals surface area (Å²) in [5.41, 5.74) is 0.925. The number of nitrogens with zero attached hydrogens (tertiary/aromatic N) is 2. The Morgan fingerprint density at radius 2 is 1.76 bits per heavy atom. The average molecular weight is 327 g/mol. The number of likely N-dealkylation sites (tertiary alicyclic amines) is 1. The Bertz CT molecular complexity index is 733. The summed E-state index contributed by atoms with van der Waals surface area (Å²) in [4.78, 5) is 2.64. The van der Waals surface area contributed by atoms with Gasteiger partial charge in [0.15, 0.2) is 0 Å². The van der Waals surface area contributed by atoms with Crippen LogP contribution in [0.4, 0.5) is 0 Å². The third kappa shape index (κ3) is 3.25. The first-order valence-electron chi connectivity index (χ1n) is 7.30. The van der Waals surface area contributed by atoms with Crippen molar-refractivity contribution in [2.24, 2.45) is 0 Å². The number of rotatable bonds is 4. The van der Waals surface area contributed by atoms with E-state index in [1.54, 1.807) is 6.20 Å². The van der Waals surface area contributed by atoms with Gasteiger partial charge in [-0.3, -0.25) is 0 Å². The van der Waals surface area contributed by atoms with Gasteiger partial charge in [-0.15, -0.1) is 0 Å². The highest BCUT2D eigenvalue weighted by atomic mass is 35.7. The molecule has 2 heterocycles. The molecule has 0 amide bonds. The number of halogens is 1. The first-order chi connectivity index (χ1) is 10.1. The average Bonchev–Trinajstić information content (AvgIpc) is 2.85. The number of aromatic nitrogens is 1. The number of hydrogen-bond donors (Lipinski definition) is 0. The summed E-state index contributed by atoms with van der Waals surface area (Å²) >= 11 is 0. The van der Waals surface area contributed by atoms with Crippen LogP contribution in [-0.2, 0) is 15.6 Å². The second-order valence-electron chi connectivity index (χ2n) is 5.54. The van der Waals surface area contributed by atoms with Crippen molar-refractivity contribution in [1.29, 1.82) is 0 Å². The van der Waals surface area contributed by atoms with Crippen LogP contribution < -0.4 is 0 Å². The Balaban J connectivity index is 1.88. The molecule has 1 saturated heterocycles. The Hall–Kier alpha value is -1.04. The van der Waals surface area contributed by atoms with Crippen LogP contribution in [0.2, 0.25) is 0 Å². The van der Waals surface area contributed by atoms with Gasteiger partial charge < -0.3 is 9.47 Å². The number of benzene rings is 1. The molecule has 0 radical (unpaired) electrons. The van der Waals surface area contributed by atoms with Crippen LogP contribution in [0.1, 0.15) is 19.3 Å². The van der Waals surface area contributed by atoms with E-state index in [9.17, 15) is 8.42 Å². The van der Waals surface area contributed by atoms with Crippen molar-refractivity contribution in [3.05, 3.63) is 30.5 Å². The molecule has 3 rings (SSSR count). The minimum atomic E-state index is -3.71. The number of para-hydroxylation sites is 1. The van der Waals surface area contributed by atoms with Crippen LogP contribution in [0.3, 0.4) is 0 Å². The van der Waals surface area contributed by atoms with Crippen molar-refractivity contribution in [3.63, 3.8) is 0 Å². The maximum Gasteiger partial charge on any atom is 0.263 e. The molecule has 0 unspecified atom stereocenters. The minimum Gasteiger partial charge on any atom is -0.345 e. The fraction of sp³-hybridized carbons (Fsp3) is 0.467. The van der Waals surface area contributed by atoms with Crippen LogP contribution in [0.15, 0.2) is 35.4 Å². The molecule has 0 bridgehead atoms. The Morgan fingerprint density at radius 3 is 2.48 bits per heavy atom. The molecule has 1 aromatic heterocycles. The second kappa shape index (κ2) is 5.99. The van der Waals surface area contributed by atoms with Crippen molar-refractivity contribution >= 4 is 30.6 Å². The van der Waals surface area contributed by atoms with Crippen LogP contribution in [0, 0.1) is 0 Å². The van der Waals surface area contributed by atoms with Gasteiger partial charge in [-0.05, 0) is 32.0 Å². The molecule has 21 heavy (non-hydrogen) atoms. The molecule has 0 aliphatic carbocycles. The van der Waals surface area contributed by atoms with Gasteiger partial charge >= 0.3 is 0 Å². The predicted octanol–water partition coefficient (Wildman–Crippen LogP) is 3.05. The number of fused-ring (bicyclic) bond motifs is 1. The highest BCUT2D eigenvalue weighted by Gasteiger charge is 2.19. The van der Waals surface area contributed by atoms with Crippen molar-refractivity contribution in [3.8, 4) is 0 Å². The van der Waals surface area contributed by atoms with Crippen molar-refractivity contribution in [2.75, 3.05) is 19.6 Å². The Labute approximate surface area is 129 Å². The molecule has 0 N–H and O–H groups in total. The standard InChI is InChI=1S/C15H19ClN2O2S/c16-21(19,20)15-12-18(14-7-3-2-6-13(14)15)11-10-17-8-4-1-5-9-17/h2-3,6-7,12H,1,4-5,8-11H2. The summed E-state index contributed by atoms with van der Waals surface area (Å²) in [6, 6.07) is 7.51. The van der Waals surface area contributed by atoms with E-state index in [0.717, 1.165) is 31.7 Å². The second-order valence-corrected chi connectivity index (χ2v) is 8.08. The monoisotopic (exact) mass is 326 g/mol. The van der Waals surface area contributed by atoms with Gasteiger partial charge in [0.2, 0.25) is 0 Å². The molecule has 0 spiro atoms. The smallest absolute Gasteiger partial charge is 0.263 e. The lowest BCUT2D eigenvalue weighted by Crippen LogP contribution is -2.32. The molecule has 1 fully saturated rings. The fourth-order valence-corrected chi connectivity index (χ4v) is 4.08. The lowest BCUT2D eigenvalue weighted by atomic mass is 10.1. The Kier molecular flexibility index (Phi) is 4.24. The fourth-order valence-electron chi connectivity index (χ4n) is 3.02. The first kappa shape index (κ1) is 14.9. The molecule has 2 aromatic rings. The lowest BCUT2D eigenvalue weighted by molar-refractivity contribution is 0.221. The molecule has 114 valence electrons. The van der Waals surface area contributed by atoms with Crippen molar-refractivity contribution in [1.82, 2.24) is 9.47 Å². The van der Waals surface area contributed by atoms with Crippen LogP contribution in [-0.4, -0.2) is 37.5 Å². The molecule has 0 atom stereocenters. The summed E-state index contributed by atoms with van der Waals surface area (Å²) in [6.07, 6.45) is 5.50. The van der Waals surface area contributed by atoms with E-state index in [1.807, 2.05) is 28.8 Å². The van der Waals surface area contributed by atoms with Crippen molar-refractivity contribution in [2.45, 2.75) is 30.7 Å². The summed E-state index contributed by atoms with van der Waals surface area (Å²) < 4.78 is 25.4. The van der Waals surface area contributed by atoms with E-state index in [-0.39, 0.29) is 4.90 Å². The largest absolute Gasteiger partial charge is 0.345 e. The number of hydrogen-bond acceptors (Lipinski definition) is 3. The summed E-state index contributed by atoms with van der Waals surface area (Å²) in [5, 5.41) is 0.700. The summed E-state index contributed by atoms with van der Waals surface area (Å²) in [7, 11) is 1.83. The highest BCUT2D eigenvalue weighted by Crippen LogP contribution is 2.27. The molecular formula is C15H19ClN2O2S. The maximum atomic E-state index is 11.7. The molecule has 6 heteroatoms. The van der Waals surface area contributed by atoms with E-state index in [2.05, 4.69) is 4.90 Å². The van der Waals surface area contributed by atoms with Gasteiger partial charge in [0.1, 0.15) is 4.90 Å². The van der Waals surface area contributed by atoms with Gasteiger partial charge in [0.05, 0.1) is 0 Å². The first-order valence-corrected chi connectivity index (χ1v) is 9.61. The Morgan fingerprint density at radius 1 is 1.05 bits per heavy atom. The van der Waals surface area contributed by atoms with E-state index in [0.29, 0.717) is 5.39 Å². The zero-order valence-electron chi connectivity index (χ0n) is 11.8. The summed E-state index contributed by atoms with van der Waals surface area (Å²) in [6.45, 7) is 4.01. The van der Waals surface area contributed by atoms with E-state index in [1.165, 1.54) is 19.3 Å². The topological polar surface area (TPSA) is 42.3 Å². The van der Waals surface area contributed by atoms with Crippen molar-refractivity contribution < 1.29 is 8.42 Å². The van der Waals surface area contributed by atoms with Crippen LogP contribution in [0.5, 0.6) is 0 Å². The van der Waals surface area contributed by atoms with Gasteiger partial charge in [0.25, 0.3) is 9.05 Å². The number of piperidine rings is 1. The van der Waals surface area contributed by atoms with Gasteiger partial charge in [-0.25, -0.2) is 8.42 Å². The molecule has 0 saturated carbocycles.